The van der Waals surface area contributed by atoms with Gasteiger partial charge in [0.15, 0.2) is 5.69 Å². The van der Waals surface area contributed by atoms with Crippen molar-refractivity contribution in [3.05, 3.63) is 64.3 Å². The Morgan fingerprint density at radius 3 is 2.26 bits per heavy atom. The van der Waals surface area contributed by atoms with Gasteiger partial charge in [0.05, 0.1) is 12.3 Å². The molecule has 0 atom stereocenters. The van der Waals surface area contributed by atoms with Crippen molar-refractivity contribution in [1.82, 2.24) is 0 Å². The smallest absolute Gasteiger partial charge is 0.198 e. The van der Waals surface area contributed by atoms with E-state index >= 15 is 0 Å². The second-order valence-corrected chi connectivity index (χ2v) is 9.26. The molecule has 3 aromatic rings. The lowest BCUT2D eigenvalue weighted by Crippen LogP contribution is -2.35. The van der Waals surface area contributed by atoms with E-state index in [1.165, 1.54) is 38.9 Å². The molecule has 27 heavy (non-hydrogen) atoms. The molecule has 1 aromatic heterocycles. The highest BCUT2D eigenvalue weighted by Crippen LogP contribution is 2.36. The summed E-state index contributed by atoms with van der Waals surface area (Å²) in [6.45, 7) is 17.7. The van der Waals surface area contributed by atoms with Crippen molar-refractivity contribution in [3.63, 3.8) is 0 Å². The van der Waals surface area contributed by atoms with Gasteiger partial charge in [0.1, 0.15) is 7.05 Å². The van der Waals surface area contributed by atoms with Crippen molar-refractivity contribution < 1.29 is 5.94 Å². The quantitative estimate of drug-likeness (QED) is 0.448. The van der Waals surface area contributed by atoms with E-state index in [2.05, 4.69) is 97.3 Å². The molecule has 0 spiro atoms. The Balaban J connectivity index is 2.53. The van der Waals surface area contributed by atoms with Gasteiger partial charge in [-0.05, 0) is 65.0 Å². The summed E-state index contributed by atoms with van der Waals surface area (Å²) in [5, 5.41) is 2.28. The molecular weight excluding hydrogens is 326 g/mol. The molecule has 1 heteroatoms. The Bertz CT molecular complexity index is 1070. The summed E-state index contributed by atoms with van der Waals surface area (Å²) in [6, 6.07) is 11.8. The minimum atomic E-state index is 0.0923. The zero-order chi connectivity index (χ0) is 21.0. The molecular formula is C26H34N+. The van der Waals surface area contributed by atoms with Crippen LogP contribution in [0.1, 0.15) is 69.9 Å². The number of aryl methyl sites for hydroxylation is 1. The first-order valence-corrected chi connectivity index (χ1v) is 9.99. The first kappa shape index (κ1) is 18.2. The highest BCUT2D eigenvalue weighted by atomic mass is 14.9. The summed E-state index contributed by atoms with van der Waals surface area (Å²) in [5.41, 5.74) is 8.85. The summed E-state index contributed by atoms with van der Waals surface area (Å²) in [7, 11) is 2.10. The molecule has 0 fully saturated rings. The van der Waals surface area contributed by atoms with Crippen LogP contribution in [-0.2, 0) is 12.5 Å². The summed E-state index contributed by atoms with van der Waals surface area (Å²) in [5.74, 6) is 0.386. The Kier molecular flexibility index (Phi) is 4.58. The largest absolute Gasteiger partial charge is 0.220 e. The summed E-state index contributed by atoms with van der Waals surface area (Å²) in [6.07, 6.45) is 0. The van der Waals surface area contributed by atoms with E-state index in [-0.39, 0.29) is 5.41 Å². The lowest BCUT2D eigenvalue weighted by atomic mass is 9.82. The van der Waals surface area contributed by atoms with Crippen LogP contribution in [0, 0.1) is 20.8 Å². The topological polar surface area (TPSA) is 3.88 Å². The van der Waals surface area contributed by atoms with Crippen LogP contribution in [0.25, 0.3) is 22.0 Å². The van der Waals surface area contributed by atoms with Crippen LogP contribution in [0.15, 0.2) is 36.4 Å². The van der Waals surface area contributed by atoms with Gasteiger partial charge in [0.25, 0.3) is 0 Å². The van der Waals surface area contributed by atoms with E-state index in [1.54, 1.807) is 0 Å². The zero-order valence-electron chi connectivity index (χ0n) is 19.4. The first-order valence-electron chi connectivity index (χ1n) is 10.5. The van der Waals surface area contributed by atoms with E-state index in [1.807, 2.05) is 0 Å². The van der Waals surface area contributed by atoms with Crippen molar-refractivity contribution >= 4 is 10.8 Å². The fraction of sp³-hybridized carbons (Fsp3) is 0.423. The molecule has 0 aliphatic carbocycles. The third-order valence-electron chi connectivity index (χ3n) is 5.91. The molecule has 0 saturated heterocycles. The lowest BCUT2D eigenvalue weighted by molar-refractivity contribution is -0.665. The van der Waals surface area contributed by atoms with Gasteiger partial charge in [0.2, 0.25) is 5.69 Å². The lowest BCUT2D eigenvalue weighted by Gasteiger charge is -2.22. The van der Waals surface area contributed by atoms with Gasteiger partial charge >= 0.3 is 0 Å². The summed E-state index contributed by atoms with van der Waals surface area (Å²) < 4.78 is 11.1. The van der Waals surface area contributed by atoms with Crippen molar-refractivity contribution in [3.8, 4) is 11.3 Å². The van der Waals surface area contributed by atoms with E-state index in [4.69, 9.17) is 1.37 Å². The van der Waals surface area contributed by atoms with E-state index < -0.39 is 0 Å². The van der Waals surface area contributed by atoms with Crippen molar-refractivity contribution in [2.45, 2.75) is 66.7 Å². The number of hydrogen-bond acceptors (Lipinski definition) is 0. The standard InChI is InChI=1S/C26H34N/c1-16(2)21-11-10-12-22-24(21)14-18(4)27(9)25(22)23-15-20(26(6,7)8)13-17(3)19(23)5/h10-16H,1-9H3/q+1/i14D. The number of aromatic nitrogens is 1. The molecule has 0 unspecified atom stereocenters. The van der Waals surface area contributed by atoms with Crippen LogP contribution >= 0.6 is 0 Å². The molecule has 0 bridgehead atoms. The zero-order valence-corrected chi connectivity index (χ0v) is 18.4. The Hall–Kier alpha value is -2.15. The summed E-state index contributed by atoms with van der Waals surface area (Å²) in [4.78, 5) is 0. The summed E-state index contributed by atoms with van der Waals surface area (Å²) >= 11 is 0. The third-order valence-corrected chi connectivity index (χ3v) is 5.91. The predicted molar refractivity (Wildman–Crippen MR) is 118 cm³/mol. The van der Waals surface area contributed by atoms with Gasteiger partial charge in [-0.1, -0.05) is 52.8 Å². The molecule has 1 nitrogen and oxygen atoms in total. The molecule has 142 valence electrons. The maximum atomic E-state index is 8.84. The fourth-order valence-electron chi connectivity index (χ4n) is 3.87. The molecule has 0 radical (unpaired) electrons. The van der Waals surface area contributed by atoms with Gasteiger partial charge in [0, 0.05) is 13.0 Å². The molecule has 0 saturated carbocycles. The number of benzene rings is 2. The van der Waals surface area contributed by atoms with Gasteiger partial charge in [-0.15, -0.1) is 0 Å². The normalized spacial score (nSPS) is 12.7. The third kappa shape index (κ3) is 3.40. The Morgan fingerprint density at radius 1 is 1.00 bits per heavy atom. The molecule has 1 heterocycles. The fourth-order valence-corrected chi connectivity index (χ4v) is 3.87. The number of hydrogen-bond donors (Lipinski definition) is 0. The van der Waals surface area contributed by atoms with E-state index in [9.17, 15) is 0 Å². The average Bonchev–Trinajstić information content (AvgIpc) is 2.61. The Labute approximate surface area is 166 Å². The maximum Gasteiger partial charge on any atom is 0.220 e. The maximum absolute atomic E-state index is 8.84. The van der Waals surface area contributed by atoms with Crippen LogP contribution in [0.4, 0.5) is 0 Å². The monoisotopic (exact) mass is 361 g/mol. The van der Waals surface area contributed by atoms with Crippen LogP contribution in [-0.4, -0.2) is 0 Å². The molecule has 3 rings (SSSR count). The van der Waals surface area contributed by atoms with Gasteiger partial charge in [-0.25, -0.2) is 0 Å². The molecule has 0 aliphatic heterocycles. The molecule has 2 aromatic carbocycles. The molecule has 0 N–H and O–H groups in total. The number of rotatable bonds is 2. The SMILES string of the molecule is [2H]c1c(C)[n+](C)c(-c2cc(C(C)(C)C)cc(C)c2C)c2cccc(C(C)C)c12. The second-order valence-electron chi connectivity index (χ2n) is 9.26. The van der Waals surface area contributed by atoms with Crippen molar-refractivity contribution in [2.24, 2.45) is 7.05 Å². The minimum Gasteiger partial charge on any atom is -0.198 e. The van der Waals surface area contributed by atoms with Gasteiger partial charge in [-0.3, -0.25) is 0 Å². The average molecular weight is 362 g/mol. The van der Waals surface area contributed by atoms with Crippen LogP contribution in [0.5, 0.6) is 0 Å². The highest BCUT2D eigenvalue weighted by molar-refractivity contribution is 5.96. The van der Waals surface area contributed by atoms with Crippen molar-refractivity contribution in [2.75, 3.05) is 0 Å². The van der Waals surface area contributed by atoms with Gasteiger partial charge in [-0.2, -0.15) is 4.57 Å². The number of pyridine rings is 1. The molecule has 0 amide bonds. The highest BCUT2D eigenvalue weighted by Gasteiger charge is 2.24. The van der Waals surface area contributed by atoms with E-state index in [0.29, 0.717) is 12.0 Å². The first-order chi connectivity index (χ1) is 12.9. The van der Waals surface area contributed by atoms with E-state index in [0.717, 1.165) is 11.1 Å². The minimum absolute atomic E-state index is 0.0923. The van der Waals surface area contributed by atoms with Crippen LogP contribution < -0.4 is 4.57 Å². The predicted octanol–water partition coefficient (Wildman–Crippen LogP) is 6.68. The second kappa shape index (κ2) is 6.78. The Morgan fingerprint density at radius 2 is 1.67 bits per heavy atom. The van der Waals surface area contributed by atoms with Gasteiger partial charge < -0.3 is 0 Å². The molecule has 0 aliphatic rings. The van der Waals surface area contributed by atoms with Crippen LogP contribution in [0.3, 0.4) is 0 Å². The number of fused-ring (bicyclic) bond motifs is 1. The van der Waals surface area contributed by atoms with Crippen molar-refractivity contribution in [1.29, 1.82) is 0 Å². The number of nitrogens with zero attached hydrogens (tertiary/aromatic N) is 1. The van der Waals surface area contributed by atoms with Crippen LogP contribution in [0.2, 0.25) is 0 Å².